The van der Waals surface area contributed by atoms with Gasteiger partial charge in [0.2, 0.25) is 6.29 Å². The second-order valence-electron chi connectivity index (χ2n) is 8.78. The minimum atomic E-state index is -1.57. The molecule has 204 valence electrons. The molecule has 13 nitrogen and oxygen atoms in total. The standard InChI is InChI=1S/C23H34O13/c1-11(20(28)29-9)21(36-23(6,7)8)35-22-19(33-15(5)27)18(32-14(4)26)17(31-13(3)25)16(34-22)10-30-12(2)24/h16-19,21-22H,1,10H2,2-9H3/t16-,17-,18+,19-,21+,22+/m1/s1. The highest BCUT2D eigenvalue weighted by Gasteiger charge is 2.53. The van der Waals surface area contributed by atoms with Gasteiger partial charge in [-0.05, 0) is 20.8 Å². The molecule has 1 rings (SSSR count). The van der Waals surface area contributed by atoms with Crippen LogP contribution in [0.5, 0.6) is 0 Å². The Bertz CT molecular complexity index is 843. The maximum Gasteiger partial charge on any atom is 0.338 e. The molecule has 1 saturated heterocycles. The minimum Gasteiger partial charge on any atom is -0.466 e. The molecule has 36 heavy (non-hydrogen) atoms. The van der Waals surface area contributed by atoms with E-state index in [4.69, 9.17) is 37.9 Å². The zero-order valence-corrected chi connectivity index (χ0v) is 21.7. The summed E-state index contributed by atoms with van der Waals surface area (Å²) in [6.07, 6.45) is -8.59. The van der Waals surface area contributed by atoms with Crippen molar-refractivity contribution in [2.45, 2.75) is 91.1 Å². The summed E-state index contributed by atoms with van der Waals surface area (Å²) in [5.41, 5.74) is -1.11. The molecule has 6 atom stereocenters. The van der Waals surface area contributed by atoms with Gasteiger partial charge in [-0.25, -0.2) is 4.79 Å². The van der Waals surface area contributed by atoms with Crippen LogP contribution in [0.25, 0.3) is 0 Å². The lowest BCUT2D eigenvalue weighted by atomic mass is 9.98. The average Bonchev–Trinajstić information content (AvgIpc) is 2.72. The Morgan fingerprint density at radius 2 is 1.33 bits per heavy atom. The van der Waals surface area contributed by atoms with E-state index in [1.165, 1.54) is 0 Å². The lowest BCUT2D eigenvalue weighted by Gasteiger charge is -2.45. The first-order valence-electron chi connectivity index (χ1n) is 11.0. The highest BCUT2D eigenvalue weighted by atomic mass is 16.8. The molecule has 13 heteroatoms. The van der Waals surface area contributed by atoms with Crippen molar-refractivity contribution in [1.29, 1.82) is 0 Å². The fourth-order valence-corrected chi connectivity index (χ4v) is 3.15. The fourth-order valence-electron chi connectivity index (χ4n) is 3.15. The molecule has 0 aromatic carbocycles. The molecule has 0 saturated carbocycles. The summed E-state index contributed by atoms with van der Waals surface area (Å²) in [6, 6.07) is 0. The molecular formula is C23H34O13. The Balaban J connectivity index is 3.54. The summed E-state index contributed by atoms with van der Waals surface area (Å²) in [5, 5.41) is 0. The van der Waals surface area contributed by atoms with E-state index in [1.54, 1.807) is 20.8 Å². The van der Waals surface area contributed by atoms with E-state index in [2.05, 4.69) is 6.58 Å². The molecule has 0 unspecified atom stereocenters. The summed E-state index contributed by atoms with van der Waals surface area (Å²) >= 11 is 0. The fraction of sp³-hybridized carbons (Fsp3) is 0.696. The number of carbonyl (C=O) groups excluding carboxylic acids is 5. The molecular weight excluding hydrogens is 484 g/mol. The van der Waals surface area contributed by atoms with Crippen LogP contribution in [0.3, 0.4) is 0 Å². The third kappa shape index (κ3) is 9.91. The van der Waals surface area contributed by atoms with Crippen molar-refractivity contribution in [2.24, 2.45) is 0 Å². The van der Waals surface area contributed by atoms with Gasteiger partial charge in [0.15, 0.2) is 24.6 Å². The first-order valence-corrected chi connectivity index (χ1v) is 11.0. The van der Waals surface area contributed by atoms with Gasteiger partial charge in [0.25, 0.3) is 0 Å². The quantitative estimate of drug-likeness (QED) is 0.174. The number of rotatable bonds is 10. The molecule has 1 aliphatic heterocycles. The first-order chi connectivity index (χ1) is 16.5. The zero-order chi connectivity index (χ0) is 27.8. The Kier molecular flexibility index (Phi) is 11.5. The molecule has 0 bridgehead atoms. The van der Waals surface area contributed by atoms with Crippen LogP contribution in [0.4, 0.5) is 0 Å². The van der Waals surface area contributed by atoms with Crippen molar-refractivity contribution >= 4 is 29.8 Å². The summed E-state index contributed by atoms with van der Waals surface area (Å²) in [6.45, 7) is 12.7. The van der Waals surface area contributed by atoms with Crippen LogP contribution in [0.1, 0.15) is 48.5 Å². The topological polar surface area (TPSA) is 159 Å². The van der Waals surface area contributed by atoms with Crippen LogP contribution in [0, 0.1) is 0 Å². The van der Waals surface area contributed by atoms with Gasteiger partial charge in [-0.2, -0.15) is 0 Å². The third-order valence-electron chi connectivity index (χ3n) is 4.40. The Morgan fingerprint density at radius 1 is 0.833 bits per heavy atom. The lowest BCUT2D eigenvalue weighted by molar-refractivity contribution is -0.341. The van der Waals surface area contributed by atoms with Gasteiger partial charge in [-0.1, -0.05) is 6.58 Å². The molecule has 0 aromatic rings. The van der Waals surface area contributed by atoms with Gasteiger partial charge in [-0.3, -0.25) is 19.2 Å². The maximum absolute atomic E-state index is 12.2. The molecule has 0 N–H and O–H groups in total. The second kappa shape index (κ2) is 13.3. The van der Waals surface area contributed by atoms with Gasteiger partial charge < -0.3 is 37.9 Å². The van der Waals surface area contributed by atoms with Gasteiger partial charge >= 0.3 is 29.8 Å². The molecule has 0 spiro atoms. The predicted molar refractivity (Wildman–Crippen MR) is 119 cm³/mol. The number of hydrogen-bond donors (Lipinski definition) is 0. The predicted octanol–water partition coefficient (Wildman–Crippen LogP) is 0.957. The molecule has 1 heterocycles. The molecule has 1 fully saturated rings. The van der Waals surface area contributed by atoms with Crippen molar-refractivity contribution in [3.8, 4) is 0 Å². The van der Waals surface area contributed by atoms with Crippen LogP contribution in [-0.4, -0.2) is 86.2 Å². The Labute approximate surface area is 209 Å². The van der Waals surface area contributed by atoms with E-state index < -0.39 is 79.1 Å². The van der Waals surface area contributed by atoms with E-state index in [9.17, 15) is 24.0 Å². The number of ether oxygens (including phenoxy) is 8. The van der Waals surface area contributed by atoms with E-state index in [-0.39, 0.29) is 5.57 Å². The van der Waals surface area contributed by atoms with E-state index in [0.29, 0.717) is 0 Å². The van der Waals surface area contributed by atoms with Gasteiger partial charge in [0.1, 0.15) is 12.7 Å². The largest absolute Gasteiger partial charge is 0.466 e. The van der Waals surface area contributed by atoms with E-state index in [0.717, 1.165) is 34.8 Å². The molecule has 0 radical (unpaired) electrons. The highest BCUT2D eigenvalue weighted by Crippen LogP contribution is 2.32. The monoisotopic (exact) mass is 518 g/mol. The first kappa shape index (κ1) is 31.0. The third-order valence-corrected chi connectivity index (χ3v) is 4.40. The van der Waals surface area contributed by atoms with Crippen LogP contribution in [0.15, 0.2) is 12.2 Å². The Morgan fingerprint density at radius 3 is 1.78 bits per heavy atom. The van der Waals surface area contributed by atoms with E-state index >= 15 is 0 Å². The Hall–Kier alpha value is -3.03. The molecule has 0 amide bonds. The number of carbonyl (C=O) groups is 5. The normalized spacial score (nSPS) is 24.6. The molecule has 0 aromatic heterocycles. The molecule has 1 aliphatic rings. The van der Waals surface area contributed by atoms with E-state index in [1.807, 2.05) is 0 Å². The summed E-state index contributed by atoms with van der Waals surface area (Å²) in [4.78, 5) is 59.3. The minimum absolute atomic E-state index is 0.250. The van der Waals surface area contributed by atoms with Crippen LogP contribution in [0.2, 0.25) is 0 Å². The van der Waals surface area contributed by atoms with Crippen LogP contribution in [-0.2, 0) is 61.9 Å². The summed E-state index contributed by atoms with van der Waals surface area (Å²) in [7, 11) is 1.13. The molecule has 0 aliphatic carbocycles. The average molecular weight is 519 g/mol. The SMILES string of the molecule is C=C(C(=O)OC)[C@@H](O[C@@H]1O[C@H](COC(C)=O)[C@@H](OC(C)=O)[C@H](OC(C)=O)[C@H]1OC(C)=O)OC(C)(C)C. The van der Waals surface area contributed by atoms with Crippen molar-refractivity contribution in [3.63, 3.8) is 0 Å². The van der Waals surface area contributed by atoms with Crippen LogP contribution >= 0.6 is 0 Å². The smallest absolute Gasteiger partial charge is 0.338 e. The van der Waals surface area contributed by atoms with Crippen LogP contribution < -0.4 is 0 Å². The van der Waals surface area contributed by atoms with Gasteiger partial charge in [0, 0.05) is 27.7 Å². The van der Waals surface area contributed by atoms with Gasteiger partial charge in [0.05, 0.1) is 18.3 Å². The second-order valence-corrected chi connectivity index (χ2v) is 8.78. The van der Waals surface area contributed by atoms with Crippen molar-refractivity contribution in [1.82, 2.24) is 0 Å². The summed E-state index contributed by atoms with van der Waals surface area (Å²) in [5.74, 6) is -3.91. The zero-order valence-electron chi connectivity index (χ0n) is 21.7. The van der Waals surface area contributed by atoms with Crippen molar-refractivity contribution < 1.29 is 61.9 Å². The van der Waals surface area contributed by atoms with Crippen molar-refractivity contribution in [3.05, 3.63) is 12.2 Å². The number of hydrogen-bond acceptors (Lipinski definition) is 13. The summed E-state index contributed by atoms with van der Waals surface area (Å²) < 4.78 is 43.2. The lowest BCUT2D eigenvalue weighted by Crippen LogP contribution is -2.63. The van der Waals surface area contributed by atoms with Gasteiger partial charge in [-0.15, -0.1) is 0 Å². The number of methoxy groups -OCH3 is 1. The maximum atomic E-state index is 12.2. The van der Waals surface area contributed by atoms with Crippen molar-refractivity contribution in [2.75, 3.05) is 13.7 Å². The highest BCUT2D eigenvalue weighted by molar-refractivity contribution is 5.88. The number of esters is 5.